The number of hydrogen-bond donors (Lipinski definition) is 3. The highest BCUT2D eigenvalue weighted by Crippen LogP contribution is 2.27. The van der Waals surface area contributed by atoms with Crippen molar-refractivity contribution >= 4 is 34.7 Å². The van der Waals surface area contributed by atoms with Crippen LogP contribution >= 0.6 is 0 Å². The van der Waals surface area contributed by atoms with Crippen LogP contribution in [0.25, 0.3) is 17.0 Å². The Hall–Kier alpha value is -4.16. The van der Waals surface area contributed by atoms with Crippen molar-refractivity contribution in [2.45, 2.75) is 51.7 Å². The number of fused-ring (bicyclic) bond motifs is 2. The van der Waals surface area contributed by atoms with Gasteiger partial charge in [-0.25, -0.2) is 0 Å². The van der Waals surface area contributed by atoms with Crippen LogP contribution in [0.1, 0.15) is 53.5 Å². The third-order valence-corrected chi connectivity index (χ3v) is 7.13. The van der Waals surface area contributed by atoms with Crippen molar-refractivity contribution in [1.82, 2.24) is 19.9 Å². The lowest BCUT2D eigenvalue weighted by molar-refractivity contribution is 0.0942. The predicted octanol–water partition coefficient (Wildman–Crippen LogP) is 2.67. The third kappa shape index (κ3) is 4.87. The number of nitrogens with one attached hydrogen (secondary N) is 2. The standard InChI is InChI=1S/C29H33N7O2/c1-3-4-16-36-25(27(31-2)34-29(36)35-15-9-10-19(30)18-35)28(38)32-17-24-20-11-5-6-12-21(20)26(37)22-13-7-8-14-23(22)33-24/h5,7-8,11,13-14,19,31H,6,9-10,12,15-18,30H2,1-2H3,(H,32,38). The fourth-order valence-corrected chi connectivity index (χ4v) is 5.27. The van der Waals surface area contributed by atoms with Gasteiger partial charge in [0, 0.05) is 42.7 Å². The normalized spacial score (nSPS) is 16.5. The molecule has 1 aromatic carbocycles. The number of benzene rings is 1. The number of nitrogens with two attached hydrogens (primary N) is 1. The molecule has 3 aromatic rings. The van der Waals surface area contributed by atoms with Crippen LogP contribution in [0.3, 0.4) is 0 Å². The van der Waals surface area contributed by atoms with Crippen molar-refractivity contribution < 1.29 is 4.79 Å². The Morgan fingerprint density at radius 1 is 1.26 bits per heavy atom. The van der Waals surface area contributed by atoms with Crippen LogP contribution in [0.15, 0.2) is 35.1 Å². The topological polar surface area (TPSA) is 118 Å². The van der Waals surface area contributed by atoms with Gasteiger partial charge in [-0.05, 0) is 44.7 Å². The average Bonchev–Trinajstić information content (AvgIpc) is 3.27. The number of rotatable bonds is 6. The van der Waals surface area contributed by atoms with Crippen molar-refractivity contribution in [3.63, 3.8) is 0 Å². The predicted molar refractivity (Wildman–Crippen MR) is 151 cm³/mol. The first-order valence-corrected chi connectivity index (χ1v) is 13.1. The van der Waals surface area contributed by atoms with E-state index in [1.54, 1.807) is 14.0 Å². The van der Waals surface area contributed by atoms with Crippen LogP contribution in [-0.2, 0) is 19.5 Å². The summed E-state index contributed by atoms with van der Waals surface area (Å²) in [4.78, 5) is 38.7. The number of carbonyl (C=O) groups excluding carboxylic acids is 1. The Kier molecular flexibility index (Phi) is 7.43. The summed E-state index contributed by atoms with van der Waals surface area (Å²) in [5.74, 6) is 6.88. The Bertz CT molecular complexity index is 1530. The van der Waals surface area contributed by atoms with Crippen LogP contribution in [0, 0.1) is 11.8 Å². The first-order valence-electron chi connectivity index (χ1n) is 13.1. The van der Waals surface area contributed by atoms with E-state index in [0.717, 1.165) is 36.9 Å². The zero-order valence-corrected chi connectivity index (χ0v) is 21.9. The van der Waals surface area contributed by atoms with E-state index < -0.39 is 0 Å². The van der Waals surface area contributed by atoms with E-state index in [2.05, 4.69) is 27.4 Å². The molecule has 9 heteroatoms. The van der Waals surface area contributed by atoms with Gasteiger partial charge in [0.05, 0.1) is 24.3 Å². The fraction of sp³-hybridized carbons (Fsp3) is 0.379. The molecule has 4 N–H and O–H groups in total. The van der Waals surface area contributed by atoms with Crippen molar-refractivity contribution in [1.29, 1.82) is 0 Å². The molecule has 196 valence electrons. The van der Waals surface area contributed by atoms with Gasteiger partial charge in [-0.3, -0.25) is 19.1 Å². The molecule has 0 saturated carbocycles. The monoisotopic (exact) mass is 511 g/mol. The van der Waals surface area contributed by atoms with Gasteiger partial charge in [-0.1, -0.05) is 30.2 Å². The van der Waals surface area contributed by atoms with Gasteiger partial charge in [0.25, 0.3) is 5.91 Å². The summed E-state index contributed by atoms with van der Waals surface area (Å²) in [6.07, 6.45) is 7.39. The van der Waals surface area contributed by atoms with E-state index >= 15 is 0 Å². The zero-order valence-electron chi connectivity index (χ0n) is 21.9. The number of amides is 1. The van der Waals surface area contributed by atoms with Gasteiger partial charge in [0.2, 0.25) is 5.95 Å². The summed E-state index contributed by atoms with van der Waals surface area (Å²) in [7, 11) is 1.75. The molecule has 2 aromatic heterocycles. The van der Waals surface area contributed by atoms with Crippen molar-refractivity contribution in [2.24, 2.45) is 5.73 Å². The van der Waals surface area contributed by atoms with E-state index in [1.807, 2.05) is 41.0 Å². The highest BCUT2D eigenvalue weighted by atomic mass is 16.2. The molecule has 1 aliphatic carbocycles. The first-order chi connectivity index (χ1) is 18.5. The molecule has 1 atom stereocenters. The minimum atomic E-state index is -0.291. The molecule has 38 heavy (non-hydrogen) atoms. The molecule has 1 amide bonds. The molecule has 0 radical (unpaired) electrons. The second kappa shape index (κ2) is 11.1. The van der Waals surface area contributed by atoms with E-state index in [9.17, 15) is 9.59 Å². The van der Waals surface area contributed by atoms with E-state index in [1.165, 1.54) is 0 Å². The van der Waals surface area contributed by atoms with Crippen LogP contribution < -0.4 is 26.7 Å². The van der Waals surface area contributed by atoms with E-state index in [-0.39, 0.29) is 23.9 Å². The van der Waals surface area contributed by atoms with Crippen LogP contribution in [-0.4, -0.2) is 46.6 Å². The summed E-state index contributed by atoms with van der Waals surface area (Å²) in [6.45, 7) is 3.77. The summed E-state index contributed by atoms with van der Waals surface area (Å²) in [5, 5.41) is 6.72. The van der Waals surface area contributed by atoms with Crippen LogP contribution in [0.5, 0.6) is 0 Å². The summed E-state index contributed by atoms with van der Waals surface area (Å²) in [6, 6.07) is 7.43. The molecular formula is C29H33N7O2. The molecule has 1 saturated heterocycles. The molecule has 0 spiro atoms. The molecule has 9 nitrogen and oxygen atoms in total. The lowest BCUT2D eigenvalue weighted by Crippen LogP contribution is -2.44. The molecule has 1 aliphatic heterocycles. The van der Waals surface area contributed by atoms with Gasteiger partial charge in [-0.2, -0.15) is 4.98 Å². The van der Waals surface area contributed by atoms with Gasteiger partial charge < -0.3 is 21.3 Å². The number of imidazole rings is 1. The molecule has 1 fully saturated rings. The van der Waals surface area contributed by atoms with Gasteiger partial charge >= 0.3 is 0 Å². The van der Waals surface area contributed by atoms with E-state index in [0.29, 0.717) is 53.6 Å². The largest absolute Gasteiger partial charge is 0.371 e. The van der Waals surface area contributed by atoms with Crippen LogP contribution in [0.4, 0.5) is 11.8 Å². The van der Waals surface area contributed by atoms with Gasteiger partial charge in [0.1, 0.15) is 0 Å². The molecule has 3 heterocycles. The molecule has 1 unspecified atom stereocenters. The Balaban J connectivity index is 1.52. The summed E-state index contributed by atoms with van der Waals surface area (Å²) < 4.78 is 1.86. The van der Waals surface area contributed by atoms with Gasteiger partial charge in [0.15, 0.2) is 16.9 Å². The summed E-state index contributed by atoms with van der Waals surface area (Å²) in [5.41, 5.74) is 9.47. The highest BCUT2D eigenvalue weighted by molar-refractivity contribution is 5.98. The molecule has 0 bridgehead atoms. The van der Waals surface area contributed by atoms with Gasteiger partial charge in [-0.15, -0.1) is 5.92 Å². The molecule has 5 rings (SSSR count). The lowest BCUT2D eigenvalue weighted by atomic mass is 9.97. The number of nitrogens with zero attached hydrogens (tertiary/aromatic N) is 4. The number of anilines is 2. The number of aromatic nitrogens is 3. The van der Waals surface area contributed by atoms with Crippen molar-refractivity contribution in [3.05, 3.63) is 63.1 Å². The highest BCUT2D eigenvalue weighted by Gasteiger charge is 2.28. The maximum absolute atomic E-state index is 13.7. The maximum atomic E-state index is 13.7. The number of piperidine rings is 1. The zero-order chi connectivity index (χ0) is 26.6. The average molecular weight is 512 g/mol. The minimum Gasteiger partial charge on any atom is -0.371 e. The van der Waals surface area contributed by atoms with Crippen LogP contribution in [0.2, 0.25) is 0 Å². The molecule has 2 aliphatic rings. The first kappa shape index (κ1) is 25.5. The lowest BCUT2D eigenvalue weighted by Gasteiger charge is -2.31. The number of hydrogen-bond acceptors (Lipinski definition) is 7. The van der Waals surface area contributed by atoms with Crippen molar-refractivity contribution in [2.75, 3.05) is 30.4 Å². The Labute approximate surface area is 222 Å². The second-order valence-electron chi connectivity index (χ2n) is 9.64. The summed E-state index contributed by atoms with van der Waals surface area (Å²) >= 11 is 0. The second-order valence-corrected chi connectivity index (χ2v) is 9.64. The quantitative estimate of drug-likeness (QED) is 0.436. The number of carbonyl (C=O) groups is 1. The number of para-hydroxylation sites is 1. The Morgan fingerprint density at radius 2 is 2.11 bits per heavy atom. The Morgan fingerprint density at radius 3 is 2.89 bits per heavy atom. The van der Waals surface area contributed by atoms with E-state index in [4.69, 9.17) is 15.7 Å². The SMILES string of the molecule is CC#CCn1c(N2CCCC(N)C2)nc(NC)c1C(=O)NCc1nc2ccccc2c(=O)c2c1C=CCC2. The smallest absolute Gasteiger partial charge is 0.272 e. The van der Waals surface area contributed by atoms with Crippen molar-refractivity contribution in [3.8, 4) is 11.8 Å². The third-order valence-electron chi connectivity index (χ3n) is 7.13. The molecular weight excluding hydrogens is 478 g/mol. The number of allylic oxidation sites excluding steroid dienone is 1. The minimum absolute atomic E-state index is 0.00286. The fourth-order valence-electron chi connectivity index (χ4n) is 5.27. The maximum Gasteiger partial charge on any atom is 0.272 e.